The molecule has 3 nitrogen and oxygen atoms in total. The molecule has 0 aromatic carbocycles. The highest BCUT2D eigenvalue weighted by molar-refractivity contribution is 5.78. The van der Waals surface area contributed by atoms with Gasteiger partial charge in [-0.3, -0.25) is 0 Å². The van der Waals surface area contributed by atoms with Gasteiger partial charge in [0.2, 0.25) is 0 Å². The van der Waals surface area contributed by atoms with E-state index in [2.05, 4.69) is 6.92 Å². The first-order valence-corrected chi connectivity index (χ1v) is 4.94. The van der Waals surface area contributed by atoms with E-state index in [1.807, 2.05) is 0 Å². The quantitative estimate of drug-likeness (QED) is 0.511. The Kier molecular flexibility index (Phi) is 5.71. The van der Waals surface area contributed by atoms with Crippen LogP contribution in [-0.2, 0) is 9.53 Å². The molecule has 0 saturated carbocycles. The first-order valence-electron chi connectivity index (χ1n) is 4.94. The fourth-order valence-electron chi connectivity index (χ4n) is 0.817. The molecule has 0 aliphatic heterocycles. The van der Waals surface area contributed by atoms with Crippen LogP contribution in [0, 0.1) is 0 Å². The molecule has 0 radical (unpaired) electrons. The van der Waals surface area contributed by atoms with Gasteiger partial charge in [0.15, 0.2) is 5.60 Å². The summed E-state index contributed by atoms with van der Waals surface area (Å²) in [6.07, 6.45) is 3.42. The number of unbranched alkanes of at least 4 members (excludes halogenated alkanes) is 2. The van der Waals surface area contributed by atoms with Crippen molar-refractivity contribution in [2.75, 3.05) is 6.61 Å². The van der Waals surface area contributed by atoms with Gasteiger partial charge in [0.1, 0.15) is 0 Å². The Morgan fingerprint density at radius 2 is 2.00 bits per heavy atom. The molecule has 0 fully saturated rings. The summed E-state index contributed by atoms with van der Waals surface area (Å²) in [4.78, 5) is 11.2. The highest BCUT2D eigenvalue weighted by atomic mass is 16.5. The molecule has 0 heterocycles. The lowest BCUT2D eigenvalue weighted by molar-refractivity contribution is -0.164. The van der Waals surface area contributed by atoms with Gasteiger partial charge in [-0.15, -0.1) is 0 Å². The van der Waals surface area contributed by atoms with Gasteiger partial charge < -0.3 is 9.84 Å². The summed E-state index contributed by atoms with van der Waals surface area (Å²) in [5.41, 5.74) is -1.31. The maximum absolute atomic E-state index is 11.2. The number of carbonyl (C=O) groups excluding carboxylic acids is 1. The van der Waals surface area contributed by atoms with E-state index in [-0.39, 0.29) is 0 Å². The zero-order valence-corrected chi connectivity index (χ0v) is 8.80. The van der Waals surface area contributed by atoms with Crippen molar-refractivity contribution in [1.82, 2.24) is 0 Å². The van der Waals surface area contributed by atoms with E-state index < -0.39 is 11.6 Å². The van der Waals surface area contributed by atoms with Gasteiger partial charge in [-0.1, -0.05) is 26.7 Å². The fourth-order valence-corrected chi connectivity index (χ4v) is 0.817. The third-order valence-corrected chi connectivity index (χ3v) is 2.11. The summed E-state index contributed by atoms with van der Waals surface area (Å²) in [7, 11) is 0. The van der Waals surface area contributed by atoms with Gasteiger partial charge in [-0.2, -0.15) is 0 Å². The van der Waals surface area contributed by atoms with Crippen LogP contribution in [0.3, 0.4) is 0 Å². The Morgan fingerprint density at radius 1 is 1.38 bits per heavy atom. The molecular formula is C10H20O3. The van der Waals surface area contributed by atoms with Crippen LogP contribution < -0.4 is 0 Å². The summed E-state index contributed by atoms with van der Waals surface area (Å²) in [6.45, 7) is 5.75. The predicted octanol–water partition coefficient (Wildman–Crippen LogP) is 1.88. The Hall–Kier alpha value is -0.570. The molecule has 3 heteroatoms. The van der Waals surface area contributed by atoms with Crippen molar-refractivity contribution in [1.29, 1.82) is 0 Å². The maximum atomic E-state index is 11.2. The van der Waals surface area contributed by atoms with Crippen molar-refractivity contribution in [3.8, 4) is 0 Å². The molecular weight excluding hydrogens is 168 g/mol. The summed E-state index contributed by atoms with van der Waals surface area (Å²) >= 11 is 0. The van der Waals surface area contributed by atoms with Crippen LogP contribution in [0.15, 0.2) is 0 Å². The zero-order chi connectivity index (χ0) is 10.3. The Morgan fingerprint density at radius 3 is 2.46 bits per heavy atom. The zero-order valence-electron chi connectivity index (χ0n) is 8.80. The van der Waals surface area contributed by atoms with E-state index in [0.29, 0.717) is 13.0 Å². The minimum absolute atomic E-state index is 0.389. The summed E-state index contributed by atoms with van der Waals surface area (Å²) < 4.78 is 4.91. The molecule has 1 atom stereocenters. The molecule has 1 N–H and O–H groups in total. The van der Waals surface area contributed by atoms with Crippen LogP contribution in [0.1, 0.15) is 46.5 Å². The molecule has 13 heavy (non-hydrogen) atoms. The van der Waals surface area contributed by atoms with E-state index in [9.17, 15) is 9.90 Å². The van der Waals surface area contributed by atoms with Crippen LogP contribution >= 0.6 is 0 Å². The molecule has 78 valence electrons. The van der Waals surface area contributed by atoms with Crippen molar-refractivity contribution in [2.24, 2.45) is 0 Å². The van der Waals surface area contributed by atoms with Gasteiger partial charge in [0.25, 0.3) is 0 Å². The highest BCUT2D eigenvalue weighted by Gasteiger charge is 2.29. The lowest BCUT2D eigenvalue weighted by atomic mass is 10.1. The summed E-state index contributed by atoms with van der Waals surface area (Å²) in [5, 5.41) is 9.47. The van der Waals surface area contributed by atoms with Crippen molar-refractivity contribution in [3.63, 3.8) is 0 Å². The number of hydrogen-bond acceptors (Lipinski definition) is 3. The molecule has 0 spiro atoms. The Balaban J connectivity index is 3.62. The van der Waals surface area contributed by atoms with Crippen molar-refractivity contribution in [3.05, 3.63) is 0 Å². The third-order valence-electron chi connectivity index (χ3n) is 2.11. The number of ether oxygens (including phenoxy) is 1. The van der Waals surface area contributed by atoms with Gasteiger partial charge in [0.05, 0.1) is 6.61 Å². The minimum Gasteiger partial charge on any atom is -0.464 e. The van der Waals surface area contributed by atoms with Crippen LogP contribution in [0.4, 0.5) is 0 Å². The first-order chi connectivity index (χ1) is 6.04. The topological polar surface area (TPSA) is 46.5 Å². The normalized spacial score (nSPS) is 15.1. The van der Waals surface area contributed by atoms with E-state index in [1.54, 1.807) is 6.92 Å². The molecule has 0 saturated heterocycles. The SMILES string of the molecule is CCCCCOC(=O)C(C)(O)CC. The van der Waals surface area contributed by atoms with Gasteiger partial charge in [0, 0.05) is 0 Å². The van der Waals surface area contributed by atoms with Gasteiger partial charge >= 0.3 is 5.97 Å². The fraction of sp³-hybridized carbons (Fsp3) is 0.900. The van der Waals surface area contributed by atoms with Crippen LogP contribution in [-0.4, -0.2) is 23.3 Å². The molecule has 0 rings (SSSR count). The molecule has 0 aromatic heterocycles. The molecule has 0 aromatic rings. The average Bonchev–Trinajstić information content (AvgIpc) is 2.12. The van der Waals surface area contributed by atoms with Gasteiger partial charge in [-0.05, 0) is 19.8 Å². The Bertz CT molecular complexity index is 152. The van der Waals surface area contributed by atoms with Crippen LogP contribution in [0.25, 0.3) is 0 Å². The number of aliphatic hydroxyl groups is 1. The average molecular weight is 188 g/mol. The number of rotatable bonds is 6. The smallest absolute Gasteiger partial charge is 0.337 e. The first kappa shape index (κ1) is 12.4. The second kappa shape index (κ2) is 5.97. The van der Waals surface area contributed by atoms with Gasteiger partial charge in [-0.25, -0.2) is 4.79 Å². The second-order valence-corrected chi connectivity index (χ2v) is 3.47. The van der Waals surface area contributed by atoms with Crippen LogP contribution in [0.5, 0.6) is 0 Å². The molecule has 0 aliphatic rings. The van der Waals surface area contributed by atoms with E-state index in [4.69, 9.17) is 4.74 Å². The maximum Gasteiger partial charge on any atom is 0.337 e. The predicted molar refractivity (Wildman–Crippen MR) is 51.4 cm³/mol. The van der Waals surface area contributed by atoms with E-state index in [1.165, 1.54) is 6.92 Å². The minimum atomic E-state index is -1.31. The van der Waals surface area contributed by atoms with E-state index >= 15 is 0 Å². The molecule has 0 bridgehead atoms. The third kappa shape index (κ3) is 4.88. The standard InChI is InChI=1S/C10H20O3/c1-4-6-7-8-13-9(11)10(3,12)5-2/h12H,4-8H2,1-3H3. The van der Waals surface area contributed by atoms with Crippen molar-refractivity contribution < 1.29 is 14.6 Å². The molecule has 1 unspecified atom stereocenters. The van der Waals surface area contributed by atoms with Crippen molar-refractivity contribution >= 4 is 5.97 Å². The number of carbonyl (C=O) groups is 1. The van der Waals surface area contributed by atoms with E-state index in [0.717, 1.165) is 19.3 Å². The monoisotopic (exact) mass is 188 g/mol. The molecule has 0 aliphatic carbocycles. The second-order valence-electron chi connectivity index (χ2n) is 3.47. The highest BCUT2D eigenvalue weighted by Crippen LogP contribution is 2.10. The lowest BCUT2D eigenvalue weighted by Gasteiger charge is -2.18. The number of hydrogen-bond donors (Lipinski definition) is 1. The molecule has 0 amide bonds. The Labute approximate surface area is 80.1 Å². The summed E-state index contributed by atoms with van der Waals surface area (Å²) in [6, 6.07) is 0. The van der Waals surface area contributed by atoms with Crippen LogP contribution in [0.2, 0.25) is 0 Å². The largest absolute Gasteiger partial charge is 0.464 e. The number of esters is 1. The summed E-state index contributed by atoms with van der Waals surface area (Å²) in [5.74, 6) is -0.508. The van der Waals surface area contributed by atoms with Crippen molar-refractivity contribution in [2.45, 2.75) is 52.1 Å². The lowest BCUT2D eigenvalue weighted by Crippen LogP contribution is -2.36.